The first-order valence-electron chi connectivity index (χ1n) is 3.82. The average Bonchev–Trinajstić information content (AvgIpc) is 2.62. The Morgan fingerprint density at radius 3 is 2.92 bits per heavy atom. The van der Waals surface area contributed by atoms with Crippen LogP contribution in [0.4, 0.5) is 5.69 Å². The van der Waals surface area contributed by atoms with Crippen molar-refractivity contribution in [3.63, 3.8) is 0 Å². The number of hydrogen-bond acceptors (Lipinski definition) is 2. The predicted molar refractivity (Wildman–Crippen MR) is 53.4 cm³/mol. The summed E-state index contributed by atoms with van der Waals surface area (Å²) in [5.74, 6) is 0. The van der Waals surface area contributed by atoms with Gasteiger partial charge >= 0.3 is 0 Å². The summed E-state index contributed by atoms with van der Waals surface area (Å²) in [6, 6.07) is 5.66. The monoisotopic (exact) mass is 193 g/mol. The summed E-state index contributed by atoms with van der Waals surface area (Å²) in [6.07, 6.45) is 3.53. The molecule has 3 N–H and O–H groups in total. The molecule has 0 aliphatic rings. The van der Waals surface area contributed by atoms with Gasteiger partial charge in [0.15, 0.2) is 5.15 Å². The first-order valence-corrected chi connectivity index (χ1v) is 4.20. The van der Waals surface area contributed by atoms with Crippen LogP contribution in [0.25, 0.3) is 11.3 Å². The Morgan fingerprint density at radius 1 is 1.46 bits per heavy atom. The van der Waals surface area contributed by atoms with Crippen LogP contribution in [0.3, 0.4) is 0 Å². The number of nitrogens with one attached hydrogen (secondary N) is 1. The summed E-state index contributed by atoms with van der Waals surface area (Å²) in [5.41, 5.74) is 8.03. The zero-order valence-corrected chi connectivity index (χ0v) is 7.55. The molecular weight excluding hydrogens is 186 g/mol. The number of aromatic amines is 1. The van der Waals surface area contributed by atoms with E-state index < -0.39 is 0 Å². The highest BCUT2D eigenvalue weighted by molar-refractivity contribution is 6.31. The molecule has 0 aromatic carbocycles. The summed E-state index contributed by atoms with van der Waals surface area (Å²) >= 11 is 5.70. The summed E-state index contributed by atoms with van der Waals surface area (Å²) in [6.45, 7) is 0. The van der Waals surface area contributed by atoms with Crippen LogP contribution in [0.1, 0.15) is 0 Å². The van der Waals surface area contributed by atoms with Gasteiger partial charge in [0, 0.05) is 23.7 Å². The lowest BCUT2D eigenvalue weighted by Gasteiger charge is -2.00. The van der Waals surface area contributed by atoms with E-state index in [1.807, 2.05) is 18.3 Å². The molecule has 0 fully saturated rings. The van der Waals surface area contributed by atoms with Crippen LogP contribution >= 0.6 is 11.6 Å². The van der Waals surface area contributed by atoms with E-state index in [1.165, 1.54) is 0 Å². The second-order valence-corrected chi connectivity index (χ2v) is 3.05. The SMILES string of the molecule is Nc1cc(-c2ccc[nH]2)cnc1Cl. The van der Waals surface area contributed by atoms with Crippen LogP contribution in [0.15, 0.2) is 30.6 Å². The van der Waals surface area contributed by atoms with Crippen molar-refractivity contribution < 1.29 is 0 Å². The molecule has 0 saturated carbocycles. The Morgan fingerprint density at radius 2 is 2.31 bits per heavy atom. The molecule has 4 heteroatoms. The fourth-order valence-corrected chi connectivity index (χ4v) is 1.23. The minimum absolute atomic E-state index is 0.343. The molecule has 0 radical (unpaired) electrons. The smallest absolute Gasteiger partial charge is 0.151 e. The third-order valence-electron chi connectivity index (χ3n) is 1.78. The number of nitrogens with zero attached hydrogens (tertiary/aromatic N) is 1. The Bertz CT molecular complexity index is 409. The molecule has 2 rings (SSSR count). The lowest BCUT2D eigenvalue weighted by Crippen LogP contribution is -1.90. The van der Waals surface area contributed by atoms with E-state index in [9.17, 15) is 0 Å². The number of hydrogen-bond donors (Lipinski definition) is 2. The van der Waals surface area contributed by atoms with Crippen molar-refractivity contribution in [2.75, 3.05) is 5.73 Å². The van der Waals surface area contributed by atoms with Gasteiger partial charge in [-0.25, -0.2) is 4.98 Å². The molecule has 0 unspecified atom stereocenters. The molecule has 0 aliphatic heterocycles. The molecule has 0 saturated heterocycles. The Labute approximate surface area is 80.6 Å². The zero-order valence-electron chi connectivity index (χ0n) is 6.79. The fraction of sp³-hybridized carbons (Fsp3) is 0. The normalized spacial score (nSPS) is 10.2. The minimum atomic E-state index is 0.343. The molecule has 3 nitrogen and oxygen atoms in total. The molecule has 13 heavy (non-hydrogen) atoms. The molecule has 0 amide bonds. The maximum Gasteiger partial charge on any atom is 0.151 e. The van der Waals surface area contributed by atoms with Crippen LogP contribution in [-0.4, -0.2) is 9.97 Å². The van der Waals surface area contributed by atoms with Gasteiger partial charge in [-0.05, 0) is 18.2 Å². The van der Waals surface area contributed by atoms with Crippen LogP contribution in [0, 0.1) is 0 Å². The highest BCUT2D eigenvalue weighted by atomic mass is 35.5. The van der Waals surface area contributed by atoms with Crippen molar-refractivity contribution >= 4 is 17.3 Å². The van der Waals surface area contributed by atoms with Gasteiger partial charge in [-0.3, -0.25) is 0 Å². The van der Waals surface area contributed by atoms with Gasteiger partial charge in [0.05, 0.1) is 5.69 Å². The van der Waals surface area contributed by atoms with Gasteiger partial charge in [0.2, 0.25) is 0 Å². The molecule has 0 bridgehead atoms. The molecule has 66 valence electrons. The number of aromatic nitrogens is 2. The van der Waals surface area contributed by atoms with E-state index in [0.717, 1.165) is 11.3 Å². The number of pyridine rings is 1. The van der Waals surface area contributed by atoms with E-state index in [-0.39, 0.29) is 0 Å². The van der Waals surface area contributed by atoms with Crippen molar-refractivity contribution in [1.82, 2.24) is 9.97 Å². The van der Waals surface area contributed by atoms with Crippen LogP contribution in [0.5, 0.6) is 0 Å². The number of H-pyrrole nitrogens is 1. The number of halogens is 1. The van der Waals surface area contributed by atoms with Crippen LogP contribution in [0.2, 0.25) is 5.15 Å². The molecular formula is C9H8ClN3. The lowest BCUT2D eigenvalue weighted by molar-refractivity contribution is 1.31. The van der Waals surface area contributed by atoms with Gasteiger partial charge < -0.3 is 10.7 Å². The van der Waals surface area contributed by atoms with Crippen molar-refractivity contribution in [1.29, 1.82) is 0 Å². The summed E-state index contributed by atoms with van der Waals surface area (Å²) in [5, 5.41) is 0.343. The van der Waals surface area contributed by atoms with Crippen molar-refractivity contribution in [3.8, 4) is 11.3 Å². The van der Waals surface area contributed by atoms with Gasteiger partial charge in [0.25, 0.3) is 0 Å². The lowest BCUT2D eigenvalue weighted by atomic mass is 10.2. The third-order valence-corrected chi connectivity index (χ3v) is 2.09. The summed E-state index contributed by atoms with van der Waals surface area (Å²) in [7, 11) is 0. The number of anilines is 1. The first kappa shape index (κ1) is 8.13. The summed E-state index contributed by atoms with van der Waals surface area (Å²) in [4.78, 5) is 7.02. The molecule has 0 spiro atoms. The number of rotatable bonds is 1. The quantitative estimate of drug-likeness (QED) is 0.683. The highest BCUT2D eigenvalue weighted by Crippen LogP contribution is 2.22. The van der Waals surface area contributed by atoms with Gasteiger partial charge in [-0.1, -0.05) is 11.6 Å². The Kier molecular flexibility index (Phi) is 1.94. The standard InChI is InChI=1S/C9H8ClN3/c10-9-7(11)4-6(5-13-9)8-2-1-3-12-8/h1-5,12H,11H2. The maximum atomic E-state index is 5.70. The van der Waals surface area contributed by atoms with Gasteiger partial charge in [-0.15, -0.1) is 0 Å². The zero-order chi connectivity index (χ0) is 9.26. The van der Waals surface area contributed by atoms with Crippen molar-refractivity contribution in [2.45, 2.75) is 0 Å². The Balaban J connectivity index is 2.49. The topological polar surface area (TPSA) is 54.7 Å². The second kappa shape index (κ2) is 3.11. The molecule has 2 aromatic rings. The largest absolute Gasteiger partial charge is 0.396 e. The molecule has 0 atom stereocenters. The van der Waals surface area contributed by atoms with Gasteiger partial charge in [0.1, 0.15) is 0 Å². The first-order chi connectivity index (χ1) is 6.27. The van der Waals surface area contributed by atoms with Crippen molar-refractivity contribution in [3.05, 3.63) is 35.7 Å². The van der Waals surface area contributed by atoms with E-state index in [2.05, 4.69) is 9.97 Å². The van der Waals surface area contributed by atoms with E-state index in [1.54, 1.807) is 12.3 Å². The second-order valence-electron chi connectivity index (χ2n) is 2.69. The van der Waals surface area contributed by atoms with E-state index >= 15 is 0 Å². The molecule has 2 heterocycles. The Hall–Kier alpha value is -1.48. The number of nitrogen functional groups attached to an aromatic ring is 1. The van der Waals surface area contributed by atoms with Crippen LogP contribution < -0.4 is 5.73 Å². The minimum Gasteiger partial charge on any atom is -0.396 e. The summed E-state index contributed by atoms with van der Waals surface area (Å²) < 4.78 is 0. The van der Waals surface area contributed by atoms with Crippen molar-refractivity contribution in [2.24, 2.45) is 0 Å². The average molecular weight is 194 g/mol. The molecule has 0 aliphatic carbocycles. The maximum absolute atomic E-state index is 5.70. The van der Waals surface area contributed by atoms with Gasteiger partial charge in [-0.2, -0.15) is 0 Å². The van der Waals surface area contributed by atoms with E-state index in [4.69, 9.17) is 17.3 Å². The van der Waals surface area contributed by atoms with E-state index in [0.29, 0.717) is 10.8 Å². The fourth-order valence-electron chi connectivity index (χ4n) is 1.12. The molecule has 2 aromatic heterocycles. The highest BCUT2D eigenvalue weighted by Gasteiger charge is 2.01. The number of nitrogens with two attached hydrogens (primary N) is 1. The predicted octanol–water partition coefficient (Wildman–Crippen LogP) is 2.31. The van der Waals surface area contributed by atoms with Crippen LogP contribution in [-0.2, 0) is 0 Å². The third kappa shape index (κ3) is 1.51.